The lowest BCUT2D eigenvalue weighted by Crippen LogP contribution is -2.39. The fourth-order valence-corrected chi connectivity index (χ4v) is 1.00. The van der Waals surface area contributed by atoms with E-state index in [9.17, 15) is 9.59 Å². The van der Waals surface area contributed by atoms with E-state index in [1.54, 1.807) is 6.92 Å². The molecule has 1 unspecified atom stereocenters. The molecule has 0 aromatic heterocycles. The average Bonchev–Trinajstić information content (AvgIpc) is 2.15. The van der Waals surface area contributed by atoms with Gasteiger partial charge in [-0.05, 0) is 40.9 Å². The van der Waals surface area contributed by atoms with Gasteiger partial charge in [0.05, 0.1) is 6.61 Å². The molecule has 1 atom stereocenters. The summed E-state index contributed by atoms with van der Waals surface area (Å²) in [5, 5.41) is 2.58. The van der Waals surface area contributed by atoms with Crippen molar-refractivity contribution in [2.45, 2.75) is 26.3 Å². The van der Waals surface area contributed by atoms with Crippen LogP contribution in [-0.2, 0) is 14.3 Å². The van der Waals surface area contributed by atoms with Gasteiger partial charge in [-0.25, -0.2) is 4.79 Å². The molecule has 0 aliphatic rings. The van der Waals surface area contributed by atoms with Gasteiger partial charge < -0.3 is 15.0 Å². The van der Waals surface area contributed by atoms with Gasteiger partial charge in [0, 0.05) is 6.04 Å². The Kier molecular flexibility index (Phi) is 6.70. The molecule has 0 rings (SSSR count). The molecule has 5 heteroatoms. The monoisotopic (exact) mass is 216 g/mol. The molecule has 0 saturated heterocycles. The quantitative estimate of drug-likeness (QED) is 0.519. The molecule has 0 aliphatic carbocycles. The maximum Gasteiger partial charge on any atom is 0.396 e. The highest BCUT2D eigenvalue weighted by Crippen LogP contribution is 1.92. The van der Waals surface area contributed by atoms with E-state index in [1.165, 1.54) is 0 Å². The van der Waals surface area contributed by atoms with E-state index in [-0.39, 0.29) is 12.6 Å². The highest BCUT2D eigenvalue weighted by Gasteiger charge is 2.16. The first-order valence-electron chi connectivity index (χ1n) is 5.09. The van der Waals surface area contributed by atoms with Crippen LogP contribution in [0.2, 0.25) is 0 Å². The van der Waals surface area contributed by atoms with Gasteiger partial charge in [-0.3, -0.25) is 4.79 Å². The molecule has 0 fully saturated rings. The summed E-state index contributed by atoms with van der Waals surface area (Å²) in [5.41, 5.74) is 0. The Bertz CT molecular complexity index is 217. The molecule has 0 heterocycles. The highest BCUT2D eigenvalue weighted by atomic mass is 16.5. The van der Waals surface area contributed by atoms with Crippen molar-refractivity contribution in [1.82, 2.24) is 10.2 Å². The molecular weight excluding hydrogens is 196 g/mol. The summed E-state index contributed by atoms with van der Waals surface area (Å²) in [4.78, 5) is 24.2. The third-order valence-corrected chi connectivity index (χ3v) is 1.85. The van der Waals surface area contributed by atoms with Crippen molar-refractivity contribution in [3.63, 3.8) is 0 Å². The van der Waals surface area contributed by atoms with Gasteiger partial charge >= 0.3 is 11.9 Å². The van der Waals surface area contributed by atoms with Crippen LogP contribution in [0, 0.1) is 0 Å². The summed E-state index contributed by atoms with van der Waals surface area (Å²) in [6.45, 7) is 4.61. The number of hydrogen-bond donors (Lipinski definition) is 1. The number of esters is 1. The first-order chi connectivity index (χ1) is 6.97. The van der Waals surface area contributed by atoms with Crippen LogP contribution in [0.5, 0.6) is 0 Å². The normalized spacial score (nSPS) is 12.3. The molecule has 0 aliphatic heterocycles. The largest absolute Gasteiger partial charge is 0.459 e. The minimum absolute atomic E-state index is 0.0238. The van der Waals surface area contributed by atoms with Gasteiger partial charge in [-0.2, -0.15) is 0 Å². The molecule has 88 valence electrons. The van der Waals surface area contributed by atoms with E-state index in [0.717, 1.165) is 13.0 Å². The van der Waals surface area contributed by atoms with Crippen molar-refractivity contribution in [2.24, 2.45) is 0 Å². The van der Waals surface area contributed by atoms with Crippen LogP contribution in [0.3, 0.4) is 0 Å². The van der Waals surface area contributed by atoms with Crippen LogP contribution >= 0.6 is 0 Å². The Morgan fingerprint density at radius 1 is 1.40 bits per heavy atom. The number of rotatable bonds is 5. The summed E-state index contributed by atoms with van der Waals surface area (Å²) in [6, 6.07) is -0.0238. The third-order valence-electron chi connectivity index (χ3n) is 1.85. The third kappa shape index (κ3) is 6.90. The van der Waals surface area contributed by atoms with Crippen LogP contribution in [0.25, 0.3) is 0 Å². The molecular formula is C10H20N2O3. The number of nitrogens with zero attached hydrogens (tertiary/aromatic N) is 1. The number of nitrogens with one attached hydrogen (secondary N) is 1. The molecule has 0 spiro atoms. The van der Waals surface area contributed by atoms with Crippen LogP contribution in [0.15, 0.2) is 0 Å². The zero-order chi connectivity index (χ0) is 11.8. The molecule has 15 heavy (non-hydrogen) atoms. The van der Waals surface area contributed by atoms with Crippen molar-refractivity contribution >= 4 is 11.9 Å². The summed E-state index contributed by atoms with van der Waals surface area (Å²) < 4.78 is 4.57. The summed E-state index contributed by atoms with van der Waals surface area (Å²) in [5.74, 6) is -1.47. The molecule has 0 saturated carbocycles. The fraction of sp³-hybridized carbons (Fsp3) is 0.800. The predicted octanol–water partition coefficient (Wildman–Crippen LogP) is 0.00590. The summed E-state index contributed by atoms with van der Waals surface area (Å²) in [7, 11) is 3.92. The summed E-state index contributed by atoms with van der Waals surface area (Å²) in [6.07, 6.45) is 0.804. The van der Waals surface area contributed by atoms with E-state index < -0.39 is 11.9 Å². The van der Waals surface area contributed by atoms with Gasteiger partial charge in [-0.15, -0.1) is 0 Å². The van der Waals surface area contributed by atoms with Gasteiger partial charge in [0.15, 0.2) is 0 Å². The van der Waals surface area contributed by atoms with Gasteiger partial charge in [0.2, 0.25) is 0 Å². The number of hydrogen-bond acceptors (Lipinski definition) is 4. The minimum atomic E-state index is -0.811. The van der Waals surface area contributed by atoms with Crippen molar-refractivity contribution in [2.75, 3.05) is 27.2 Å². The molecule has 1 N–H and O–H groups in total. The zero-order valence-corrected chi connectivity index (χ0v) is 9.87. The van der Waals surface area contributed by atoms with Crippen molar-refractivity contribution in [3.8, 4) is 0 Å². The van der Waals surface area contributed by atoms with Crippen LogP contribution < -0.4 is 5.32 Å². The Hall–Kier alpha value is -1.10. The zero-order valence-electron chi connectivity index (χ0n) is 9.87. The van der Waals surface area contributed by atoms with Gasteiger partial charge in [0.1, 0.15) is 0 Å². The first-order valence-corrected chi connectivity index (χ1v) is 5.09. The predicted molar refractivity (Wildman–Crippen MR) is 57.4 cm³/mol. The van der Waals surface area contributed by atoms with Crippen molar-refractivity contribution < 1.29 is 14.3 Å². The molecule has 0 bridgehead atoms. The second kappa shape index (κ2) is 7.23. The second-order valence-electron chi connectivity index (χ2n) is 3.69. The van der Waals surface area contributed by atoms with Gasteiger partial charge in [0.25, 0.3) is 0 Å². The van der Waals surface area contributed by atoms with Crippen LogP contribution in [0.4, 0.5) is 0 Å². The maximum absolute atomic E-state index is 11.2. The standard InChI is InChI=1S/C10H20N2O3/c1-5-15-10(14)9(13)11-8(2)6-7-12(3)4/h8H,5-7H2,1-4H3,(H,11,13). The lowest BCUT2D eigenvalue weighted by Gasteiger charge is -2.15. The number of carbonyl (C=O) groups is 2. The van der Waals surface area contributed by atoms with E-state index in [2.05, 4.69) is 10.1 Å². The lowest BCUT2D eigenvalue weighted by atomic mass is 10.2. The Labute approximate surface area is 90.8 Å². The molecule has 1 amide bonds. The van der Waals surface area contributed by atoms with Gasteiger partial charge in [-0.1, -0.05) is 0 Å². The van der Waals surface area contributed by atoms with E-state index in [1.807, 2.05) is 25.9 Å². The number of amides is 1. The Morgan fingerprint density at radius 2 is 2.00 bits per heavy atom. The lowest BCUT2D eigenvalue weighted by molar-refractivity contribution is -0.154. The molecule has 0 radical (unpaired) electrons. The maximum atomic E-state index is 11.2. The summed E-state index contributed by atoms with van der Waals surface area (Å²) >= 11 is 0. The van der Waals surface area contributed by atoms with Crippen molar-refractivity contribution in [3.05, 3.63) is 0 Å². The first kappa shape index (κ1) is 13.9. The Morgan fingerprint density at radius 3 is 2.47 bits per heavy atom. The molecule has 0 aromatic rings. The topological polar surface area (TPSA) is 58.6 Å². The fourth-order valence-electron chi connectivity index (χ4n) is 1.00. The van der Waals surface area contributed by atoms with E-state index >= 15 is 0 Å². The SMILES string of the molecule is CCOC(=O)C(=O)NC(C)CCN(C)C. The second-order valence-corrected chi connectivity index (χ2v) is 3.69. The molecule has 0 aromatic carbocycles. The smallest absolute Gasteiger partial charge is 0.396 e. The number of carbonyl (C=O) groups excluding carboxylic acids is 2. The van der Waals surface area contributed by atoms with Crippen LogP contribution in [0.1, 0.15) is 20.3 Å². The average molecular weight is 216 g/mol. The van der Waals surface area contributed by atoms with Crippen LogP contribution in [-0.4, -0.2) is 50.1 Å². The highest BCUT2D eigenvalue weighted by molar-refractivity contribution is 6.32. The van der Waals surface area contributed by atoms with E-state index in [4.69, 9.17) is 0 Å². The minimum Gasteiger partial charge on any atom is -0.459 e. The van der Waals surface area contributed by atoms with E-state index in [0.29, 0.717) is 0 Å². The molecule has 5 nitrogen and oxygen atoms in total. The van der Waals surface area contributed by atoms with Crippen molar-refractivity contribution in [1.29, 1.82) is 0 Å². The number of ether oxygens (including phenoxy) is 1. The Balaban J connectivity index is 3.80.